The molecule has 0 saturated heterocycles. The van der Waals surface area contributed by atoms with Crippen molar-refractivity contribution in [3.05, 3.63) is 27.1 Å². The molecule has 70 valence electrons. The Labute approximate surface area is 84.2 Å². The summed E-state index contributed by atoms with van der Waals surface area (Å²) in [5.74, 6) is 0.557. The van der Waals surface area contributed by atoms with Crippen LogP contribution in [0.1, 0.15) is 5.56 Å². The van der Waals surface area contributed by atoms with Gasteiger partial charge in [0, 0.05) is 10.0 Å². The number of nitrogens with zero attached hydrogens (tertiary/aromatic N) is 1. The van der Waals surface area contributed by atoms with Gasteiger partial charge in [-0.1, -0.05) is 21.1 Å². The van der Waals surface area contributed by atoms with Crippen LogP contribution in [0.15, 0.2) is 21.8 Å². The number of nitrogens with two attached hydrogens (primary N) is 1. The lowest BCUT2D eigenvalue weighted by Crippen LogP contribution is -1.98. The molecule has 1 rings (SSSR count). The first kappa shape index (κ1) is 9.98. The first-order valence-corrected chi connectivity index (χ1v) is 4.40. The van der Waals surface area contributed by atoms with E-state index in [1.54, 1.807) is 12.1 Å². The number of methoxy groups -OCH3 is 1. The number of hydrogen-bond donors (Lipinski definition) is 1. The van der Waals surface area contributed by atoms with Crippen LogP contribution in [0.4, 0.5) is 5.69 Å². The van der Waals surface area contributed by atoms with E-state index in [9.17, 15) is 4.91 Å². The predicted molar refractivity (Wildman–Crippen MR) is 54.6 cm³/mol. The molecule has 1 aromatic rings. The van der Waals surface area contributed by atoms with Crippen LogP contribution in [0.5, 0.6) is 5.75 Å². The Hall–Kier alpha value is -1.10. The smallest absolute Gasteiger partial charge is 0.142 e. The summed E-state index contributed by atoms with van der Waals surface area (Å²) in [6, 6.07) is 3.50. The topological polar surface area (TPSA) is 64.7 Å². The van der Waals surface area contributed by atoms with E-state index in [0.29, 0.717) is 17.0 Å². The molecule has 13 heavy (non-hydrogen) atoms. The van der Waals surface area contributed by atoms with Crippen LogP contribution in [-0.4, -0.2) is 7.11 Å². The van der Waals surface area contributed by atoms with Crippen molar-refractivity contribution in [1.82, 2.24) is 0 Å². The van der Waals surface area contributed by atoms with Crippen LogP contribution in [0.25, 0.3) is 0 Å². The van der Waals surface area contributed by atoms with Crippen molar-refractivity contribution in [1.29, 1.82) is 0 Å². The van der Waals surface area contributed by atoms with E-state index in [4.69, 9.17) is 10.5 Å². The van der Waals surface area contributed by atoms with Crippen molar-refractivity contribution in [3.63, 3.8) is 0 Å². The summed E-state index contributed by atoms with van der Waals surface area (Å²) in [4.78, 5) is 10.1. The minimum atomic E-state index is 0.0453. The molecule has 1 aromatic carbocycles. The molecule has 0 aromatic heterocycles. The first-order valence-electron chi connectivity index (χ1n) is 3.60. The van der Waals surface area contributed by atoms with E-state index in [0.717, 1.165) is 4.47 Å². The summed E-state index contributed by atoms with van der Waals surface area (Å²) >= 11 is 3.28. The van der Waals surface area contributed by atoms with Crippen LogP contribution in [-0.2, 0) is 6.54 Å². The summed E-state index contributed by atoms with van der Waals surface area (Å²) in [7, 11) is 1.53. The van der Waals surface area contributed by atoms with Crippen LogP contribution >= 0.6 is 15.9 Å². The maximum Gasteiger partial charge on any atom is 0.142 e. The van der Waals surface area contributed by atoms with E-state index in [-0.39, 0.29) is 6.54 Å². The Balaban J connectivity index is 3.20. The Kier molecular flexibility index (Phi) is 3.25. The average molecular weight is 245 g/mol. The third kappa shape index (κ3) is 1.98. The fourth-order valence-corrected chi connectivity index (χ4v) is 1.49. The standard InChI is InChI=1S/C8H9BrN2O2/c1-13-7-3-2-6(9)5(4-11-12)8(7)10/h2-3H,4,10H2,1H3. The van der Waals surface area contributed by atoms with Crippen molar-refractivity contribution in [2.24, 2.45) is 5.18 Å². The second-order valence-electron chi connectivity index (χ2n) is 2.43. The molecular formula is C8H9BrN2O2. The number of halogens is 1. The Morgan fingerprint density at radius 1 is 1.62 bits per heavy atom. The highest BCUT2D eigenvalue weighted by molar-refractivity contribution is 9.10. The average Bonchev–Trinajstić information content (AvgIpc) is 2.12. The molecule has 0 radical (unpaired) electrons. The first-order chi connectivity index (χ1) is 6.20. The second kappa shape index (κ2) is 4.23. The lowest BCUT2D eigenvalue weighted by molar-refractivity contribution is 0.416. The SMILES string of the molecule is COc1ccc(Br)c(CN=O)c1N. The monoisotopic (exact) mass is 244 g/mol. The third-order valence-electron chi connectivity index (χ3n) is 1.70. The van der Waals surface area contributed by atoms with Crippen molar-refractivity contribution >= 4 is 21.6 Å². The molecule has 0 aliphatic heterocycles. The number of rotatable bonds is 3. The fraction of sp³-hybridized carbons (Fsp3) is 0.250. The lowest BCUT2D eigenvalue weighted by Gasteiger charge is -2.09. The molecule has 0 heterocycles. The molecule has 0 amide bonds. The van der Waals surface area contributed by atoms with Crippen molar-refractivity contribution in [2.45, 2.75) is 6.54 Å². The number of ether oxygens (including phenoxy) is 1. The van der Waals surface area contributed by atoms with Crippen molar-refractivity contribution < 1.29 is 4.74 Å². The van der Waals surface area contributed by atoms with Gasteiger partial charge in [-0.2, -0.15) is 4.91 Å². The summed E-state index contributed by atoms with van der Waals surface area (Å²) < 4.78 is 5.77. The van der Waals surface area contributed by atoms with Crippen LogP contribution in [0.3, 0.4) is 0 Å². The van der Waals surface area contributed by atoms with Gasteiger partial charge in [0.1, 0.15) is 12.3 Å². The largest absolute Gasteiger partial charge is 0.495 e. The number of anilines is 1. The van der Waals surface area contributed by atoms with Gasteiger partial charge in [0.2, 0.25) is 0 Å². The van der Waals surface area contributed by atoms with Gasteiger partial charge in [-0.25, -0.2) is 0 Å². The molecule has 0 spiro atoms. The maximum atomic E-state index is 10.1. The highest BCUT2D eigenvalue weighted by atomic mass is 79.9. The number of nitrogen functional groups attached to an aromatic ring is 1. The number of benzene rings is 1. The molecule has 0 bridgehead atoms. The zero-order valence-corrected chi connectivity index (χ0v) is 8.67. The zero-order chi connectivity index (χ0) is 9.84. The molecule has 0 aliphatic carbocycles. The summed E-state index contributed by atoms with van der Waals surface area (Å²) in [5.41, 5.74) is 6.84. The van der Waals surface area contributed by atoms with Crippen LogP contribution in [0, 0.1) is 4.91 Å². The van der Waals surface area contributed by atoms with E-state index in [1.807, 2.05) is 0 Å². The highest BCUT2D eigenvalue weighted by Gasteiger charge is 2.09. The molecule has 0 unspecified atom stereocenters. The zero-order valence-electron chi connectivity index (χ0n) is 7.08. The van der Waals surface area contributed by atoms with Gasteiger partial charge in [0.05, 0.1) is 12.8 Å². The van der Waals surface area contributed by atoms with E-state index < -0.39 is 0 Å². The van der Waals surface area contributed by atoms with Gasteiger partial charge in [-0.05, 0) is 12.1 Å². The number of nitroso groups, excluding NO2 is 1. The fourth-order valence-electron chi connectivity index (χ4n) is 1.02. The predicted octanol–water partition coefficient (Wildman–Crippen LogP) is 2.31. The van der Waals surface area contributed by atoms with Crippen molar-refractivity contribution in [3.8, 4) is 5.75 Å². The van der Waals surface area contributed by atoms with E-state index in [1.165, 1.54) is 7.11 Å². The molecule has 5 heteroatoms. The molecule has 0 fully saturated rings. The quantitative estimate of drug-likeness (QED) is 0.656. The summed E-state index contributed by atoms with van der Waals surface area (Å²) in [6.45, 7) is 0.0453. The number of hydrogen-bond acceptors (Lipinski definition) is 4. The molecule has 4 nitrogen and oxygen atoms in total. The molecule has 0 atom stereocenters. The Morgan fingerprint density at radius 2 is 2.31 bits per heavy atom. The second-order valence-corrected chi connectivity index (χ2v) is 3.28. The molecule has 0 aliphatic rings. The van der Waals surface area contributed by atoms with E-state index in [2.05, 4.69) is 21.1 Å². The van der Waals surface area contributed by atoms with Crippen LogP contribution in [0.2, 0.25) is 0 Å². The van der Waals surface area contributed by atoms with Gasteiger partial charge in [0.15, 0.2) is 0 Å². The Morgan fingerprint density at radius 3 is 2.85 bits per heavy atom. The minimum Gasteiger partial charge on any atom is -0.495 e. The lowest BCUT2D eigenvalue weighted by atomic mass is 10.1. The third-order valence-corrected chi connectivity index (χ3v) is 2.45. The normalized spacial score (nSPS) is 9.69. The molecular weight excluding hydrogens is 236 g/mol. The molecule has 0 saturated carbocycles. The van der Waals surface area contributed by atoms with Gasteiger partial charge in [0.25, 0.3) is 0 Å². The van der Waals surface area contributed by atoms with Gasteiger partial charge < -0.3 is 10.5 Å². The summed E-state index contributed by atoms with van der Waals surface area (Å²) in [6.07, 6.45) is 0. The minimum absolute atomic E-state index is 0.0453. The van der Waals surface area contributed by atoms with Crippen LogP contribution < -0.4 is 10.5 Å². The van der Waals surface area contributed by atoms with Gasteiger partial charge >= 0.3 is 0 Å². The van der Waals surface area contributed by atoms with E-state index >= 15 is 0 Å². The highest BCUT2D eigenvalue weighted by Crippen LogP contribution is 2.31. The molecule has 2 N–H and O–H groups in total. The van der Waals surface area contributed by atoms with Gasteiger partial charge in [-0.3, -0.25) is 0 Å². The van der Waals surface area contributed by atoms with Gasteiger partial charge in [-0.15, -0.1) is 0 Å². The van der Waals surface area contributed by atoms with Crippen molar-refractivity contribution in [2.75, 3.05) is 12.8 Å². The summed E-state index contributed by atoms with van der Waals surface area (Å²) in [5, 5.41) is 2.79. The Bertz CT molecular complexity index is 328. The maximum absolute atomic E-state index is 10.1.